The van der Waals surface area contributed by atoms with Crippen LogP contribution < -0.4 is 0 Å². The van der Waals surface area contributed by atoms with Gasteiger partial charge >= 0.3 is 159 Å². The number of benzene rings is 1. The predicted octanol–water partition coefficient (Wildman–Crippen LogP) is 5.98. The van der Waals surface area contributed by atoms with Crippen LogP contribution in [0.1, 0.15) is 70.0 Å². The fourth-order valence-electron chi connectivity index (χ4n) is 2.74. The van der Waals surface area contributed by atoms with Crippen LogP contribution in [0.5, 0.6) is 0 Å². The third kappa shape index (κ3) is 5.22. The average molecular weight is 440 g/mol. The van der Waals surface area contributed by atoms with Gasteiger partial charge in [-0.05, 0) is 0 Å². The number of fused-ring (bicyclic) bond motifs is 1. The van der Waals surface area contributed by atoms with Gasteiger partial charge in [0.2, 0.25) is 0 Å². The molecule has 0 saturated carbocycles. The summed E-state index contributed by atoms with van der Waals surface area (Å²) < 4.78 is 8.20. The van der Waals surface area contributed by atoms with Gasteiger partial charge in [0.05, 0.1) is 0 Å². The zero-order valence-corrected chi connectivity index (χ0v) is 18.6. The molecule has 0 spiro atoms. The van der Waals surface area contributed by atoms with E-state index >= 15 is 0 Å². The van der Waals surface area contributed by atoms with E-state index in [1.807, 2.05) is 0 Å². The maximum absolute atomic E-state index is 5.80. The van der Waals surface area contributed by atoms with Gasteiger partial charge in [-0.15, -0.1) is 0 Å². The average Bonchev–Trinajstić information content (AvgIpc) is 2.51. The number of ether oxygens (including phenoxy) is 1. The van der Waals surface area contributed by atoms with Crippen molar-refractivity contribution in [2.75, 3.05) is 6.61 Å². The van der Waals surface area contributed by atoms with Crippen LogP contribution in [0.2, 0.25) is 0 Å². The second-order valence-electron chi connectivity index (χ2n) is 8.12. The maximum atomic E-state index is 5.80. The minimum absolute atomic E-state index is 0.201. The summed E-state index contributed by atoms with van der Waals surface area (Å²) >= 11 is -0.201. The molecule has 1 aliphatic heterocycles. The van der Waals surface area contributed by atoms with Crippen molar-refractivity contribution in [1.82, 2.24) is 0 Å². The zero-order valence-electron chi connectivity index (χ0n) is 16.3. The van der Waals surface area contributed by atoms with Gasteiger partial charge in [0.1, 0.15) is 0 Å². The molecule has 1 nitrogen and oxygen atoms in total. The number of hydrogen-bond acceptors (Lipinski definition) is 1. The van der Waals surface area contributed by atoms with E-state index in [2.05, 4.69) is 78.8 Å². The SMILES string of the molecule is C/C(COC(C)C)=C(/C)CC1[Te]C(C(C)(C)C)=Cc2ccccc21. The molecule has 132 valence electrons. The van der Waals surface area contributed by atoms with E-state index in [-0.39, 0.29) is 20.9 Å². The first-order valence-electron chi connectivity index (χ1n) is 8.93. The molecule has 1 atom stereocenters. The quantitative estimate of drug-likeness (QED) is 0.404. The summed E-state index contributed by atoms with van der Waals surface area (Å²) in [7, 11) is 0. The van der Waals surface area contributed by atoms with Gasteiger partial charge in [-0.25, -0.2) is 0 Å². The van der Waals surface area contributed by atoms with Crippen molar-refractivity contribution < 1.29 is 4.74 Å². The number of hydrogen-bond donors (Lipinski definition) is 0. The molecular formula is C22H32OTe. The van der Waals surface area contributed by atoms with E-state index in [0.29, 0.717) is 15.5 Å². The van der Waals surface area contributed by atoms with Gasteiger partial charge in [-0.2, -0.15) is 0 Å². The predicted molar refractivity (Wildman–Crippen MR) is 106 cm³/mol. The Morgan fingerprint density at radius 1 is 1.12 bits per heavy atom. The van der Waals surface area contributed by atoms with Gasteiger partial charge in [-0.3, -0.25) is 0 Å². The Morgan fingerprint density at radius 3 is 2.42 bits per heavy atom. The minimum atomic E-state index is -0.201. The molecule has 24 heavy (non-hydrogen) atoms. The van der Waals surface area contributed by atoms with Crippen LogP contribution in [-0.4, -0.2) is 33.6 Å². The van der Waals surface area contributed by atoms with Gasteiger partial charge in [0.15, 0.2) is 0 Å². The Kier molecular flexibility index (Phi) is 6.77. The summed E-state index contributed by atoms with van der Waals surface area (Å²) in [6.07, 6.45) is 3.95. The van der Waals surface area contributed by atoms with Crippen molar-refractivity contribution in [2.45, 2.75) is 65.0 Å². The molecule has 1 aromatic rings. The summed E-state index contributed by atoms with van der Waals surface area (Å²) in [5.74, 6) is 0. The third-order valence-electron chi connectivity index (χ3n) is 4.49. The van der Waals surface area contributed by atoms with E-state index in [9.17, 15) is 0 Å². The Bertz CT molecular complexity index is 632. The van der Waals surface area contributed by atoms with E-state index in [0.717, 1.165) is 6.61 Å². The summed E-state index contributed by atoms with van der Waals surface area (Å²) in [4.78, 5) is 0. The molecule has 1 heterocycles. The molecule has 0 fully saturated rings. The van der Waals surface area contributed by atoms with Crippen LogP contribution in [0, 0.1) is 5.41 Å². The van der Waals surface area contributed by atoms with Crippen LogP contribution in [0.4, 0.5) is 0 Å². The first kappa shape index (κ1) is 19.8. The molecule has 0 aromatic heterocycles. The van der Waals surface area contributed by atoms with Crippen molar-refractivity contribution in [2.24, 2.45) is 5.41 Å². The first-order valence-corrected chi connectivity index (χ1v) is 11.4. The second kappa shape index (κ2) is 8.22. The number of rotatable bonds is 5. The summed E-state index contributed by atoms with van der Waals surface area (Å²) in [6, 6.07) is 8.99. The van der Waals surface area contributed by atoms with E-state index in [1.54, 1.807) is 9.18 Å². The monoisotopic (exact) mass is 442 g/mol. The van der Waals surface area contributed by atoms with Gasteiger partial charge in [0.25, 0.3) is 0 Å². The summed E-state index contributed by atoms with van der Waals surface area (Å²) in [5, 5.41) is 0. The van der Waals surface area contributed by atoms with Crippen LogP contribution >= 0.6 is 0 Å². The molecular weight excluding hydrogens is 408 g/mol. The Morgan fingerprint density at radius 2 is 1.79 bits per heavy atom. The molecule has 1 aliphatic rings. The third-order valence-corrected chi connectivity index (χ3v) is 9.31. The van der Waals surface area contributed by atoms with Crippen LogP contribution in [0.25, 0.3) is 6.08 Å². The molecule has 0 N–H and O–H groups in total. The standard InChI is InChI=1S/C22H32OTe/c1-15(2)23-14-17(4)16(3)12-20-19-11-9-8-10-18(19)13-21(24-20)22(5,6)7/h8-11,13,15,20H,12,14H2,1-7H3/b17-16+. The Balaban J connectivity index is 2.24. The normalized spacial score (nSPS) is 19.0. The summed E-state index contributed by atoms with van der Waals surface area (Å²) in [5.41, 5.74) is 6.20. The van der Waals surface area contributed by atoms with E-state index in [4.69, 9.17) is 4.74 Å². The Labute approximate surface area is 158 Å². The molecule has 0 bridgehead atoms. The molecule has 0 amide bonds. The van der Waals surface area contributed by atoms with Crippen LogP contribution in [-0.2, 0) is 4.74 Å². The Hall–Kier alpha value is -0.550. The zero-order chi connectivity index (χ0) is 17.9. The van der Waals surface area contributed by atoms with E-state index in [1.165, 1.54) is 23.1 Å². The molecule has 0 saturated heterocycles. The molecule has 2 rings (SSSR count). The van der Waals surface area contributed by atoms with Crippen molar-refractivity contribution in [3.63, 3.8) is 0 Å². The van der Waals surface area contributed by atoms with Crippen LogP contribution in [0.3, 0.4) is 0 Å². The summed E-state index contributed by atoms with van der Waals surface area (Å²) in [6.45, 7) is 16.6. The van der Waals surface area contributed by atoms with E-state index < -0.39 is 0 Å². The van der Waals surface area contributed by atoms with Crippen molar-refractivity contribution >= 4 is 27.0 Å². The fraction of sp³-hybridized carbons (Fsp3) is 0.545. The second-order valence-corrected chi connectivity index (χ2v) is 11.7. The molecule has 0 aliphatic carbocycles. The van der Waals surface area contributed by atoms with Gasteiger partial charge < -0.3 is 0 Å². The van der Waals surface area contributed by atoms with Crippen LogP contribution in [0.15, 0.2) is 39.0 Å². The fourth-order valence-corrected chi connectivity index (χ4v) is 7.11. The van der Waals surface area contributed by atoms with Gasteiger partial charge in [-0.1, -0.05) is 0 Å². The molecule has 0 radical (unpaired) electrons. The van der Waals surface area contributed by atoms with Crippen molar-refractivity contribution in [3.8, 4) is 0 Å². The molecule has 1 aromatic carbocycles. The van der Waals surface area contributed by atoms with Crippen molar-refractivity contribution in [1.29, 1.82) is 0 Å². The molecule has 1 unspecified atom stereocenters. The molecule has 2 heteroatoms. The first-order chi connectivity index (χ1) is 11.2. The van der Waals surface area contributed by atoms with Gasteiger partial charge in [0, 0.05) is 0 Å². The topological polar surface area (TPSA) is 9.23 Å². The number of allylic oxidation sites excluding steroid dienone is 2. The van der Waals surface area contributed by atoms with Crippen molar-refractivity contribution in [3.05, 3.63) is 50.2 Å².